The normalized spacial score (nSPS) is 22.3. The molecule has 1 heterocycles. The van der Waals surface area contributed by atoms with E-state index in [-0.39, 0.29) is 11.9 Å². The van der Waals surface area contributed by atoms with Crippen molar-refractivity contribution in [2.75, 3.05) is 13.2 Å². The van der Waals surface area contributed by atoms with Crippen LogP contribution in [-0.4, -0.2) is 19.2 Å². The summed E-state index contributed by atoms with van der Waals surface area (Å²) in [7, 11) is 0. The number of rotatable bonds is 2. The summed E-state index contributed by atoms with van der Waals surface area (Å²) in [5, 5.41) is 0. The Morgan fingerprint density at radius 3 is 3.20 bits per heavy atom. The fraction of sp³-hybridized carbons (Fsp3) is 0.571. The highest BCUT2D eigenvalue weighted by Gasteiger charge is 2.20. The first kappa shape index (κ1) is 7.12. The van der Waals surface area contributed by atoms with Gasteiger partial charge in [-0.15, -0.1) is 0 Å². The fourth-order valence-corrected chi connectivity index (χ4v) is 0.761. The maximum atomic E-state index is 10.9. The molecule has 1 atom stereocenters. The molecular formula is C7H10O3. The second kappa shape index (κ2) is 3.25. The van der Waals surface area contributed by atoms with E-state index in [4.69, 9.17) is 9.47 Å². The molecule has 0 radical (unpaired) electrons. The van der Waals surface area contributed by atoms with Crippen molar-refractivity contribution in [1.82, 2.24) is 0 Å². The lowest BCUT2D eigenvalue weighted by molar-refractivity contribution is -0.146. The van der Waals surface area contributed by atoms with Gasteiger partial charge in [-0.3, -0.25) is 4.79 Å². The van der Waals surface area contributed by atoms with Gasteiger partial charge in [0.2, 0.25) is 0 Å². The summed E-state index contributed by atoms with van der Waals surface area (Å²) in [6.07, 6.45) is 3.24. The first-order valence-electron chi connectivity index (χ1n) is 3.29. The van der Waals surface area contributed by atoms with Gasteiger partial charge in [0.15, 0.2) is 0 Å². The molecule has 10 heavy (non-hydrogen) atoms. The Morgan fingerprint density at radius 1 is 1.90 bits per heavy atom. The summed E-state index contributed by atoms with van der Waals surface area (Å²) in [5.74, 6) is -0.379. The lowest BCUT2D eigenvalue weighted by atomic mass is 10.2. The van der Waals surface area contributed by atoms with Crippen LogP contribution in [-0.2, 0) is 14.3 Å². The number of hydrogen-bond donors (Lipinski definition) is 0. The number of hydrogen-bond acceptors (Lipinski definition) is 3. The van der Waals surface area contributed by atoms with Crippen LogP contribution in [0.3, 0.4) is 0 Å². The van der Waals surface area contributed by atoms with Gasteiger partial charge in [0.25, 0.3) is 0 Å². The van der Waals surface area contributed by atoms with Crippen molar-refractivity contribution in [3.63, 3.8) is 0 Å². The van der Waals surface area contributed by atoms with Gasteiger partial charge in [0.1, 0.15) is 12.5 Å². The van der Waals surface area contributed by atoms with Crippen molar-refractivity contribution in [1.29, 1.82) is 0 Å². The van der Waals surface area contributed by atoms with Crippen LogP contribution in [0.25, 0.3) is 0 Å². The van der Waals surface area contributed by atoms with Crippen molar-refractivity contribution in [2.45, 2.75) is 6.92 Å². The maximum Gasteiger partial charge on any atom is 0.316 e. The first-order chi connectivity index (χ1) is 4.84. The highest BCUT2D eigenvalue weighted by Crippen LogP contribution is 2.09. The molecule has 3 nitrogen and oxygen atoms in total. The molecule has 3 heteroatoms. The zero-order chi connectivity index (χ0) is 7.40. The van der Waals surface area contributed by atoms with Crippen LogP contribution >= 0.6 is 0 Å². The van der Waals surface area contributed by atoms with Crippen molar-refractivity contribution in [3.8, 4) is 0 Å². The van der Waals surface area contributed by atoms with Gasteiger partial charge in [0, 0.05) is 0 Å². The topological polar surface area (TPSA) is 35.5 Å². The first-order valence-corrected chi connectivity index (χ1v) is 3.29. The van der Waals surface area contributed by atoms with Crippen molar-refractivity contribution >= 4 is 5.97 Å². The summed E-state index contributed by atoms with van der Waals surface area (Å²) in [5.41, 5.74) is 0. The molecule has 0 amide bonds. The van der Waals surface area contributed by atoms with Gasteiger partial charge in [-0.25, -0.2) is 0 Å². The van der Waals surface area contributed by atoms with Gasteiger partial charge in [-0.05, 0) is 13.0 Å². The van der Waals surface area contributed by atoms with E-state index in [0.29, 0.717) is 13.2 Å². The molecule has 1 rings (SSSR count). The Hall–Kier alpha value is -0.990. The molecular weight excluding hydrogens is 132 g/mol. The summed E-state index contributed by atoms with van der Waals surface area (Å²) in [6, 6.07) is 0. The SMILES string of the molecule is CCOC(=O)C1C=COC1. The minimum absolute atomic E-state index is 0.181. The summed E-state index contributed by atoms with van der Waals surface area (Å²) in [6.45, 7) is 2.65. The van der Waals surface area contributed by atoms with Crippen molar-refractivity contribution in [3.05, 3.63) is 12.3 Å². The molecule has 1 aliphatic heterocycles. The zero-order valence-electron chi connectivity index (χ0n) is 5.87. The van der Waals surface area contributed by atoms with Crippen LogP contribution in [0, 0.1) is 5.92 Å². The molecule has 0 spiro atoms. The third-order valence-electron chi connectivity index (χ3n) is 1.27. The van der Waals surface area contributed by atoms with Crippen LogP contribution in [0.1, 0.15) is 6.92 Å². The number of carbonyl (C=O) groups excluding carboxylic acids is 1. The van der Waals surface area contributed by atoms with Crippen LogP contribution in [0.5, 0.6) is 0 Å². The van der Waals surface area contributed by atoms with Gasteiger partial charge in [-0.2, -0.15) is 0 Å². The third-order valence-corrected chi connectivity index (χ3v) is 1.27. The minimum atomic E-state index is -0.198. The van der Waals surface area contributed by atoms with Gasteiger partial charge in [0.05, 0.1) is 12.9 Å². The standard InChI is InChI=1S/C7H10O3/c1-2-10-7(8)6-3-4-9-5-6/h3-4,6H,2,5H2,1H3. The minimum Gasteiger partial charge on any atom is -0.500 e. The highest BCUT2D eigenvalue weighted by molar-refractivity contribution is 5.74. The van der Waals surface area contributed by atoms with Crippen molar-refractivity contribution in [2.24, 2.45) is 5.92 Å². The molecule has 56 valence electrons. The molecule has 0 saturated heterocycles. The smallest absolute Gasteiger partial charge is 0.316 e. The second-order valence-corrected chi connectivity index (χ2v) is 2.02. The van der Waals surface area contributed by atoms with E-state index in [0.717, 1.165) is 0 Å². The Balaban J connectivity index is 2.33. The van der Waals surface area contributed by atoms with E-state index in [9.17, 15) is 4.79 Å². The lowest BCUT2D eigenvalue weighted by Crippen LogP contribution is -2.16. The third kappa shape index (κ3) is 1.50. The van der Waals surface area contributed by atoms with Crippen LogP contribution in [0.15, 0.2) is 12.3 Å². The lowest BCUT2D eigenvalue weighted by Gasteiger charge is -2.04. The van der Waals surface area contributed by atoms with E-state index in [1.54, 1.807) is 13.0 Å². The molecule has 0 saturated carbocycles. The van der Waals surface area contributed by atoms with E-state index in [1.165, 1.54) is 6.26 Å². The summed E-state index contributed by atoms with van der Waals surface area (Å²) in [4.78, 5) is 10.9. The van der Waals surface area contributed by atoms with Crippen LogP contribution < -0.4 is 0 Å². The number of ether oxygens (including phenoxy) is 2. The average molecular weight is 142 g/mol. The molecule has 0 bridgehead atoms. The number of esters is 1. The second-order valence-electron chi connectivity index (χ2n) is 2.02. The van der Waals surface area contributed by atoms with Crippen LogP contribution in [0.4, 0.5) is 0 Å². The van der Waals surface area contributed by atoms with E-state index < -0.39 is 0 Å². The molecule has 1 unspecified atom stereocenters. The molecule has 0 fully saturated rings. The Kier molecular flexibility index (Phi) is 2.31. The van der Waals surface area contributed by atoms with E-state index >= 15 is 0 Å². The highest BCUT2D eigenvalue weighted by atomic mass is 16.5. The Labute approximate surface area is 59.6 Å². The van der Waals surface area contributed by atoms with Gasteiger partial charge < -0.3 is 9.47 Å². The fourth-order valence-electron chi connectivity index (χ4n) is 0.761. The quantitative estimate of drug-likeness (QED) is 0.532. The predicted octanol–water partition coefficient (Wildman–Crippen LogP) is 0.710. The van der Waals surface area contributed by atoms with E-state index in [1.807, 2.05) is 0 Å². The molecule has 1 aliphatic rings. The largest absolute Gasteiger partial charge is 0.500 e. The Bertz CT molecular complexity index is 151. The molecule has 0 aliphatic carbocycles. The Morgan fingerprint density at radius 2 is 2.70 bits per heavy atom. The zero-order valence-corrected chi connectivity index (χ0v) is 5.87. The predicted molar refractivity (Wildman–Crippen MR) is 35.2 cm³/mol. The monoisotopic (exact) mass is 142 g/mol. The molecule has 0 aromatic rings. The molecule has 0 aromatic heterocycles. The van der Waals surface area contributed by atoms with Crippen molar-refractivity contribution < 1.29 is 14.3 Å². The van der Waals surface area contributed by atoms with Gasteiger partial charge in [-0.1, -0.05) is 0 Å². The molecule has 0 N–H and O–H groups in total. The van der Waals surface area contributed by atoms with Gasteiger partial charge >= 0.3 is 5.97 Å². The van der Waals surface area contributed by atoms with Crippen LogP contribution in [0.2, 0.25) is 0 Å². The average Bonchev–Trinajstić information content (AvgIpc) is 2.38. The summed E-state index contributed by atoms with van der Waals surface area (Å²) >= 11 is 0. The number of carbonyl (C=O) groups is 1. The summed E-state index contributed by atoms with van der Waals surface area (Å²) < 4.78 is 9.60. The van der Waals surface area contributed by atoms with E-state index in [2.05, 4.69) is 0 Å². The maximum absolute atomic E-state index is 10.9. The molecule has 0 aromatic carbocycles.